The third-order valence-corrected chi connectivity index (χ3v) is 11.4. The van der Waals surface area contributed by atoms with Crippen molar-refractivity contribution < 1.29 is 0 Å². The van der Waals surface area contributed by atoms with Crippen molar-refractivity contribution in [3.05, 3.63) is 224 Å². The molecule has 0 amide bonds. The Kier molecular flexibility index (Phi) is 7.36. The summed E-state index contributed by atoms with van der Waals surface area (Å²) in [5.41, 5.74) is 17.4. The second kappa shape index (κ2) is 12.9. The number of aromatic nitrogens is 1. The zero-order chi connectivity index (χ0) is 37.2. The van der Waals surface area contributed by atoms with Gasteiger partial charge in [-0.25, -0.2) is 0 Å². The van der Waals surface area contributed by atoms with Crippen molar-refractivity contribution in [2.45, 2.75) is 0 Å². The molecule has 9 aromatic carbocycles. The Balaban J connectivity index is 1.16. The number of para-hydroxylation sites is 1. The van der Waals surface area contributed by atoms with Crippen LogP contribution < -0.4 is 4.90 Å². The summed E-state index contributed by atoms with van der Waals surface area (Å²) in [6.45, 7) is 4.59. The first-order valence-corrected chi connectivity index (χ1v) is 19.2. The molecule has 2 heteroatoms. The zero-order valence-electron chi connectivity index (χ0n) is 30.7. The Labute approximate surface area is 326 Å². The van der Waals surface area contributed by atoms with Gasteiger partial charge in [-0.3, -0.25) is 0 Å². The van der Waals surface area contributed by atoms with Gasteiger partial charge in [0.1, 0.15) is 0 Å². The second-order valence-electron chi connectivity index (χ2n) is 14.7. The summed E-state index contributed by atoms with van der Waals surface area (Å²) in [4.78, 5) is 2.43. The van der Waals surface area contributed by atoms with E-state index in [1.807, 2.05) is 0 Å². The maximum Gasteiger partial charge on any atom is 0.0542 e. The predicted molar refractivity (Wildman–Crippen MR) is 237 cm³/mol. The van der Waals surface area contributed by atoms with Crippen LogP contribution in [0.25, 0.3) is 77.2 Å². The molecule has 0 radical (unpaired) electrons. The molecule has 262 valence electrons. The fourth-order valence-corrected chi connectivity index (χ4v) is 8.76. The van der Waals surface area contributed by atoms with Gasteiger partial charge < -0.3 is 9.47 Å². The molecule has 0 N–H and O–H groups in total. The lowest BCUT2D eigenvalue weighted by Gasteiger charge is -2.28. The largest absolute Gasteiger partial charge is 0.310 e. The van der Waals surface area contributed by atoms with Crippen molar-refractivity contribution in [1.29, 1.82) is 0 Å². The van der Waals surface area contributed by atoms with E-state index < -0.39 is 0 Å². The summed E-state index contributed by atoms with van der Waals surface area (Å²) in [6, 6.07) is 75.0. The molecule has 0 spiro atoms. The van der Waals surface area contributed by atoms with Crippen LogP contribution in [-0.2, 0) is 0 Å². The Morgan fingerprint density at radius 3 is 1.70 bits per heavy atom. The summed E-state index contributed by atoms with van der Waals surface area (Å²) in [5.74, 6) is 0. The lowest BCUT2D eigenvalue weighted by molar-refractivity contribution is 1.18. The topological polar surface area (TPSA) is 8.17 Å². The Bertz CT molecular complexity index is 3090. The third kappa shape index (κ3) is 5.19. The molecule has 1 aliphatic rings. The molecule has 0 atom stereocenters. The van der Waals surface area contributed by atoms with Crippen LogP contribution in [0.5, 0.6) is 0 Å². The minimum Gasteiger partial charge on any atom is -0.310 e. The van der Waals surface area contributed by atoms with Crippen molar-refractivity contribution in [3.8, 4) is 39.1 Å². The molecule has 1 aromatic heterocycles. The molecule has 0 saturated carbocycles. The molecule has 10 aromatic rings. The second-order valence-corrected chi connectivity index (χ2v) is 14.7. The quantitative estimate of drug-likeness (QED) is 0.167. The number of hydrogen-bond acceptors (Lipinski definition) is 1. The third-order valence-electron chi connectivity index (χ3n) is 11.4. The van der Waals surface area contributed by atoms with E-state index in [0.717, 1.165) is 28.3 Å². The number of anilines is 3. The maximum atomic E-state index is 4.59. The Morgan fingerprint density at radius 2 is 0.929 bits per heavy atom. The fraction of sp³-hybridized carbons (Fsp3) is 0. The predicted octanol–water partition coefficient (Wildman–Crippen LogP) is 14.8. The summed E-state index contributed by atoms with van der Waals surface area (Å²) in [6.07, 6.45) is 0. The van der Waals surface area contributed by atoms with Gasteiger partial charge in [-0.15, -0.1) is 0 Å². The van der Waals surface area contributed by atoms with E-state index in [1.54, 1.807) is 0 Å². The Hall–Kier alpha value is -7.42. The number of benzene rings is 9. The molecule has 0 aliphatic heterocycles. The molecule has 11 rings (SSSR count). The van der Waals surface area contributed by atoms with E-state index in [1.165, 1.54) is 77.1 Å². The van der Waals surface area contributed by atoms with Gasteiger partial charge >= 0.3 is 0 Å². The smallest absolute Gasteiger partial charge is 0.0542 e. The van der Waals surface area contributed by atoms with Crippen molar-refractivity contribution in [2.75, 3.05) is 4.90 Å². The summed E-state index contributed by atoms with van der Waals surface area (Å²) >= 11 is 0. The van der Waals surface area contributed by atoms with Crippen LogP contribution in [0.3, 0.4) is 0 Å². The Morgan fingerprint density at radius 1 is 0.339 bits per heavy atom. The van der Waals surface area contributed by atoms with Gasteiger partial charge in [0.25, 0.3) is 0 Å². The van der Waals surface area contributed by atoms with Gasteiger partial charge in [0.2, 0.25) is 0 Å². The normalized spacial score (nSPS) is 12.0. The van der Waals surface area contributed by atoms with Crippen LogP contribution in [0, 0.1) is 0 Å². The van der Waals surface area contributed by atoms with E-state index >= 15 is 0 Å². The molecule has 0 unspecified atom stereocenters. The molecular formula is C54H36N2. The molecule has 2 nitrogen and oxygen atoms in total. The molecule has 1 heterocycles. The van der Waals surface area contributed by atoms with Crippen LogP contribution in [0.4, 0.5) is 17.1 Å². The van der Waals surface area contributed by atoms with Crippen molar-refractivity contribution >= 4 is 55.2 Å². The van der Waals surface area contributed by atoms with Gasteiger partial charge in [-0.05, 0) is 128 Å². The van der Waals surface area contributed by atoms with Gasteiger partial charge in [0.15, 0.2) is 0 Å². The van der Waals surface area contributed by atoms with E-state index in [0.29, 0.717) is 0 Å². The molecule has 56 heavy (non-hydrogen) atoms. The number of rotatable bonds is 6. The standard InChI is InChI=1S/C54H36N2/c1-36-47-20-10-11-21-48(47)49-28-26-44(34-51(36)49)55(46-32-41(37-14-4-2-5-15-37)30-42(33-46)38-16-6-3-7-17-38)45-27-29-54-52(35-45)50-22-12-13-23-53(50)56(54)43-25-24-39-18-8-9-19-40(39)31-43/h2-35H,1H2. The first-order valence-electron chi connectivity index (χ1n) is 19.2. The van der Waals surface area contributed by atoms with Gasteiger partial charge in [-0.1, -0.05) is 146 Å². The van der Waals surface area contributed by atoms with Crippen LogP contribution in [0.2, 0.25) is 0 Å². The van der Waals surface area contributed by atoms with E-state index in [2.05, 4.69) is 222 Å². The van der Waals surface area contributed by atoms with Crippen LogP contribution >= 0.6 is 0 Å². The summed E-state index contributed by atoms with van der Waals surface area (Å²) in [5, 5.41) is 4.89. The fourth-order valence-electron chi connectivity index (χ4n) is 8.76. The monoisotopic (exact) mass is 712 g/mol. The molecule has 0 fully saturated rings. The van der Waals surface area contributed by atoms with Gasteiger partial charge in [-0.2, -0.15) is 0 Å². The summed E-state index contributed by atoms with van der Waals surface area (Å²) in [7, 11) is 0. The SMILES string of the molecule is C=C1c2ccccc2-c2ccc(N(c3cc(-c4ccccc4)cc(-c4ccccc4)c3)c3ccc4c(c3)c3ccccc3n4-c3ccc4ccccc4c3)cc21. The molecule has 1 aliphatic carbocycles. The minimum absolute atomic E-state index is 1.06. The maximum absolute atomic E-state index is 4.59. The molecule has 0 bridgehead atoms. The molecular weight excluding hydrogens is 677 g/mol. The van der Waals surface area contributed by atoms with E-state index in [-0.39, 0.29) is 0 Å². The van der Waals surface area contributed by atoms with E-state index in [9.17, 15) is 0 Å². The van der Waals surface area contributed by atoms with Crippen LogP contribution in [0.15, 0.2) is 213 Å². The van der Waals surface area contributed by atoms with Crippen molar-refractivity contribution in [2.24, 2.45) is 0 Å². The minimum atomic E-state index is 1.06. The number of nitrogens with zero attached hydrogens (tertiary/aromatic N) is 2. The highest BCUT2D eigenvalue weighted by Gasteiger charge is 2.25. The highest BCUT2D eigenvalue weighted by atomic mass is 15.1. The lowest BCUT2D eigenvalue weighted by Crippen LogP contribution is -2.11. The highest BCUT2D eigenvalue weighted by molar-refractivity contribution is 6.11. The lowest BCUT2D eigenvalue weighted by atomic mass is 9.97. The summed E-state index contributed by atoms with van der Waals surface area (Å²) < 4.78 is 2.41. The number of fused-ring (bicyclic) bond motifs is 7. The highest BCUT2D eigenvalue weighted by Crippen LogP contribution is 2.48. The van der Waals surface area contributed by atoms with Gasteiger partial charge in [0, 0.05) is 33.5 Å². The molecule has 0 saturated heterocycles. The van der Waals surface area contributed by atoms with Crippen molar-refractivity contribution in [3.63, 3.8) is 0 Å². The number of hydrogen-bond donors (Lipinski definition) is 0. The average Bonchev–Trinajstić information content (AvgIpc) is 3.75. The first kappa shape index (κ1) is 32.0. The van der Waals surface area contributed by atoms with Gasteiger partial charge in [0.05, 0.1) is 11.0 Å². The first-order chi connectivity index (χ1) is 27.7. The van der Waals surface area contributed by atoms with Crippen LogP contribution in [0.1, 0.15) is 11.1 Å². The van der Waals surface area contributed by atoms with Crippen LogP contribution in [-0.4, -0.2) is 4.57 Å². The van der Waals surface area contributed by atoms with E-state index in [4.69, 9.17) is 0 Å². The van der Waals surface area contributed by atoms with Crippen molar-refractivity contribution in [1.82, 2.24) is 4.57 Å². The average molecular weight is 713 g/mol. The zero-order valence-corrected chi connectivity index (χ0v) is 30.7.